The third-order valence-corrected chi connectivity index (χ3v) is 1.74. The second-order valence-corrected chi connectivity index (χ2v) is 2.69. The maximum atomic E-state index is 5.74. The normalized spacial score (nSPS) is 10.6. The highest BCUT2D eigenvalue weighted by atomic mass is 35.5. The molecule has 0 aliphatic heterocycles. The maximum Gasteiger partial charge on any atom is 0.195 e. The van der Waals surface area contributed by atoms with E-state index >= 15 is 0 Å². The molecule has 55 valence electrons. The monoisotopic (exact) mass is 166 g/mol. The number of halogens is 1. The van der Waals surface area contributed by atoms with E-state index in [1.54, 1.807) is 18.2 Å². The molecule has 1 radical (unpaired) electrons. The fourth-order valence-electron chi connectivity index (χ4n) is 0.967. The summed E-state index contributed by atoms with van der Waals surface area (Å²) in [6.45, 7) is 0. The minimum atomic E-state index is 0.502. The summed E-state index contributed by atoms with van der Waals surface area (Å²) in [5.41, 5.74) is 6.75. The molecule has 2 nitrogen and oxygen atoms in total. The zero-order chi connectivity index (χ0) is 7.84. The summed E-state index contributed by atoms with van der Waals surface area (Å²) in [7, 11) is 0. The summed E-state index contributed by atoms with van der Waals surface area (Å²) >= 11 is 5.74. The van der Waals surface area contributed by atoms with E-state index in [0.29, 0.717) is 16.3 Å². The van der Waals surface area contributed by atoms with E-state index in [2.05, 4.69) is 6.26 Å². The van der Waals surface area contributed by atoms with Crippen molar-refractivity contribution in [3.63, 3.8) is 0 Å². The molecule has 11 heavy (non-hydrogen) atoms. The van der Waals surface area contributed by atoms with Gasteiger partial charge in [-0.25, -0.2) is 0 Å². The Bertz CT molecular complexity index is 394. The van der Waals surface area contributed by atoms with Crippen molar-refractivity contribution in [2.75, 3.05) is 5.73 Å². The van der Waals surface area contributed by atoms with E-state index in [9.17, 15) is 0 Å². The van der Waals surface area contributed by atoms with Crippen molar-refractivity contribution >= 4 is 28.3 Å². The van der Waals surface area contributed by atoms with Gasteiger partial charge >= 0.3 is 0 Å². The number of nitrogens with two attached hydrogens (primary N) is 1. The van der Waals surface area contributed by atoms with Gasteiger partial charge in [-0.15, -0.1) is 0 Å². The highest BCUT2D eigenvalue weighted by molar-refractivity contribution is 6.31. The Labute approximate surface area is 68.6 Å². The number of hydrogen-bond donors (Lipinski definition) is 1. The molecule has 3 heteroatoms. The number of benzene rings is 1. The molecular weight excluding hydrogens is 162 g/mol. The molecule has 0 atom stereocenters. The second-order valence-electron chi connectivity index (χ2n) is 2.26. The summed E-state index contributed by atoms with van der Waals surface area (Å²) in [6.07, 6.45) is 2.55. The van der Waals surface area contributed by atoms with Crippen LogP contribution in [-0.2, 0) is 0 Å². The van der Waals surface area contributed by atoms with Gasteiger partial charge in [0.1, 0.15) is 5.58 Å². The van der Waals surface area contributed by atoms with Gasteiger partial charge in [-0.05, 0) is 18.2 Å². The van der Waals surface area contributed by atoms with Gasteiger partial charge in [-0.3, -0.25) is 0 Å². The quantitative estimate of drug-likeness (QED) is 0.653. The SMILES string of the molecule is Nc1[c]oc2ccc(Cl)cc12. The van der Waals surface area contributed by atoms with Crippen LogP contribution in [0.15, 0.2) is 22.6 Å². The number of hydrogen-bond acceptors (Lipinski definition) is 2. The van der Waals surface area contributed by atoms with Crippen molar-refractivity contribution in [1.29, 1.82) is 0 Å². The third kappa shape index (κ3) is 0.955. The van der Waals surface area contributed by atoms with E-state index in [1.807, 2.05) is 0 Å². The maximum absolute atomic E-state index is 5.74. The zero-order valence-corrected chi connectivity index (χ0v) is 6.35. The van der Waals surface area contributed by atoms with Crippen LogP contribution in [0.4, 0.5) is 5.69 Å². The minimum Gasteiger partial charge on any atom is -0.450 e. The molecule has 1 aromatic carbocycles. The number of fused-ring (bicyclic) bond motifs is 1. The number of anilines is 1. The predicted octanol–water partition coefficient (Wildman–Crippen LogP) is 2.47. The molecule has 0 amide bonds. The van der Waals surface area contributed by atoms with Crippen LogP contribution in [-0.4, -0.2) is 0 Å². The van der Waals surface area contributed by atoms with Gasteiger partial charge in [0, 0.05) is 10.4 Å². The first-order valence-corrected chi connectivity index (χ1v) is 3.50. The van der Waals surface area contributed by atoms with E-state index in [-0.39, 0.29) is 0 Å². The Hall–Kier alpha value is -1.15. The average molecular weight is 167 g/mol. The Morgan fingerprint density at radius 2 is 2.27 bits per heavy atom. The van der Waals surface area contributed by atoms with Gasteiger partial charge < -0.3 is 10.2 Å². The predicted molar refractivity (Wildman–Crippen MR) is 44.5 cm³/mol. The van der Waals surface area contributed by atoms with E-state index in [1.165, 1.54) is 0 Å². The molecule has 0 saturated carbocycles. The van der Waals surface area contributed by atoms with Gasteiger partial charge in [0.05, 0.1) is 5.69 Å². The van der Waals surface area contributed by atoms with Crippen LogP contribution in [0.5, 0.6) is 0 Å². The largest absolute Gasteiger partial charge is 0.450 e. The highest BCUT2D eigenvalue weighted by Crippen LogP contribution is 2.25. The van der Waals surface area contributed by atoms with Crippen LogP contribution >= 0.6 is 11.6 Å². The first-order valence-electron chi connectivity index (χ1n) is 3.12. The first kappa shape index (κ1) is 6.55. The molecule has 2 N–H and O–H groups in total. The first-order chi connectivity index (χ1) is 5.27. The summed E-state index contributed by atoms with van der Waals surface area (Å²) in [4.78, 5) is 0. The van der Waals surface area contributed by atoms with Gasteiger partial charge in [0.25, 0.3) is 0 Å². The Kier molecular flexibility index (Phi) is 1.29. The number of furan rings is 1. The molecule has 0 unspecified atom stereocenters. The molecule has 2 rings (SSSR count). The van der Waals surface area contributed by atoms with Crippen LogP contribution in [0.25, 0.3) is 11.0 Å². The van der Waals surface area contributed by atoms with Gasteiger partial charge in [-0.2, -0.15) is 0 Å². The van der Waals surface area contributed by atoms with Crippen LogP contribution < -0.4 is 5.73 Å². The van der Waals surface area contributed by atoms with Crippen LogP contribution in [0.2, 0.25) is 5.02 Å². The molecule has 0 bridgehead atoms. The molecule has 0 spiro atoms. The Morgan fingerprint density at radius 1 is 1.45 bits per heavy atom. The van der Waals surface area contributed by atoms with E-state index in [4.69, 9.17) is 21.8 Å². The minimum absolute atomic E-state index is 0.502. The molecular formula is C8H5ClNO. The summed E-state index contributed by atoms with van der Waals surface area (Å²) in [5.74, 6) is 0. The fourth-order valence-corrected chi connectivity index (χ4v) is 1.14. The summed E-state index contributed by atoms with van der Waals surface area (Å²) in [5, 5.41) is 1.47. The van der Waals surface area contributed by atoms with Crippen molar-refractivity contribution in [3.05, 3.63) is 29.5 Å². The second kappa shape index (κ2) is 2.17. The third-order valence-electron chi connectivity index (χ3n) is 1.50. The summed E-state index contributed by atoms with van der Waals surface area (Å²) < 4.78 is 5.00. The van der Waals surface area contributed by atoms with Gasteiger partial charge in [0.2, 0.25) is 0 Å². The lowest BCUT2D eigenvalue weighted by molar-refractivity contribution is 0.607. The van der Waals surface area contributed by atoms with Gasteiger partial charge in [-0.1, -0.05) is 11.6 Å². The van der Waals surface area contributed by atoms with E-state index < -0.39 is 0 Å². The Balaban J connectivity index is 2.87. The Morgan fingerprint density at radius 3 is 3.09 bits per heavy atom. The number of rotatable bonds is 0. The molecule has 1 heterocycles. The molecule has 0 fully saturated rings. The number of nitrogen functional groups attached to an aromatic ring is 1. The molecule has 0 aliphatic rings. The van der Waals surface area contributed by atoms with Crippen LogP contribution in [0.3, 0.4) is 0 Å². The van der Waals surface area contributed by atoms with Crippen molar-refractivity contribution < 1.29 is 4.42 Å². The van der Waals surface area contributed by atoms with Crippen LogP contribution in [0.1, 0.15) is 0 Å². The zero-order valence-electron chi connectivity index (χ0n) is 5.60. The highest BCUT2D eigenvalue weighted by Gasteiger charge is 2.02. The van der Waals surface area contributed by atoms with Crippen molar-refractivity contribution in [3.8, 4) is 0 Å². The van der Waals surface area contributed by atoms with Crippen molar-refractivity contribution in [1.82, 2.24) is 0 Å². The lowest BCUT2D eigenvalue weighted by Gasteiger charge is -1.89. The molecule has 1 aromatic heterocycles. The lowest BCUT2D eigenvalue weighted by atomic mass is 10.2. The molecule has 0 saturated heterocycles. The lowest BCUT2D eigenvalue weighted by Crippen LogP contribution is -1.79. The fraction of sp³-hybridized carbons (Fsp3) is 0. The van der Waals surface area contributed by atoms with Crippen molar-refractivity contribution in [2.45, 2.75) is 0 Å². The molecule has 2 aromatic rings. The van der Waals surface area contributed by atoms with Crippen molar-refractivity contribution in [2.24, 2.45) is 0 Å². The van der Waals surface area contributed by atoms with Gasteiger partial charge in [0.15, 0.2) is 6.26 Å². The van der Waals surface area contributed by atoms with E-state index in [0.717, 1.165) is 5.39 Å². The summed E-state index contributed by atoms with van der Waals surface area (Å²) in [6, 6.07) is 5.28. The standard InChI is InChI=1S/C8H5ClNO/c9-5-1-2-8-6(3-5)7(10)4-11-8/h1-3H,10H2. The average Bonchev–Trinajstić information content (AvgIpc) is 2.33. The van der Waals surface area contributed by atoms with Crippen LogP contribution in [0, 0.1) is 6.26 Å². The smallest absolute Gasteiger partial charge is 0.195 e. The molecule has 0 aliphatic carbocycles. The topological polar surface area (TPSA) is 39.2 Å².